The molecule has 6 nitrogen and oxygen atoms in total. The van der Waals surface area contributed by atoms with Crippen molar-refractivity contribution >= 4 is 35.5 Å². The van der Waals surface area contributed by atoms with E-state index >= 15 is 0 Å². The van der Waals surface area contributed by atoms with Gasteiger partial charge in [-0.1, -0.05) is 72.8 Å². The van der Waals surface area contributed by atoms with Crippen LogP contribution in [0.4, 0.5) is 11.4 Å². The van der Waals surface area contributed by atoms with Crippen LogP contribution in [0.5, 0.6) is 5.75 Å². The summed E-state index contributed by atoms with van der Waals surface area (Å²) in [5, 5.41) is 2.01. The fourth-order valence-corrected chi connectivity index (χ4v) is 4.43. The summed E-state index contributed by atoms with van der Waals surface area (Å²) in [7, 11) is -3.46. The Labute approximate surface area is 242 Å². The van der Waals surface area contributed by atoms with Crippen molar-refractivity contribution in [2.24, 2.45) is 0 Å². The van der Waals surface area contributed by atoms with Gasteiger partial charge in [0.15, 0.2) is 0 Å². The average Bonchev–Trinajstić information content (AvgIpc) is 2.78. The second-order valence-electron chi connectivity index (χ2n) is 7.38. The smallest absolute Gasteiger partial charge is 0.780 e. The number of hydrogen-bond acceptors (Lipinski definition) is 6. The number of rotatable bonds is 4. The van der Waals surface area contributed by atoms with Crippen LogP contribution in [0, 0.1) is 0 Å². The molecule has 0 aromatic heterocycles. The predicted octanol–water partition coefficient (Wildman–Crippen LogP) is -1.43. The second-order valence-corrected chi connectivity index (χ2v) is 8.45. The van der Waals surface area contributed by atoms with E-state index in [9.17, 15) is 14.4 Å². The predicted molar refractivity (Wildman–Crippen MR) is 120 cm³/mol. The summed E-state index contributed by atoms with van der Waals surface area (Å²) >= 11 is 0. The first-order chi connectivity index (χ1) is 15.4. The van der Waals surface area contributed by atoms with Crippen LogP contribution in [-0.2, 0) is 9.09 Å². The molecule has 0 N–H and O–H groups in total. The van der Waals surface area contributed by atoms with Crippen molar-refractivity contribution < 1.29 is 82.7 Å². The Morgan fingerprint density at radius 1 is 0.794 bits per heavy atom. The molecule has 0 radical (unpaired) electrons. The van der Waals surface area contributed by atoms with Crippen LogP contribution in [0.3, 0.4) is 0 Å². The molecule has 4 aromatic rings. The van der Waals surface area contributed by atoms with E-state index in [4.69, 9.17) is 9.26 Å². The van der Waals surface area contributed by atoms with Crippen LogP contribution in [0.2, 0.25) is 0 Å². The topological polar surface area (TPSA) is 84.9 Å². The molecule has 0 saturated heterocycles. The number of anilines is 2. The fraction of sp³-hybridized carbons (Fsp3) is 0.0400. The van der Waals surface area contributed by atoms with E-state index in [-0.39, 0.29) is 65.1 Å². The van der Waals surface area contributed by atoms with Gasteiger partial charge < -0.3 is 28.5 Å². The largest absolute Gasteiger partial charge is 1.00 e. The average molecular weight is 489 g/mol. The van der Waals surface area contributed by atoms with Crippen molar-refractivity contribution in [3.05, 3.63) is 108 Å². The summed E-state index contributed by atoms with van der Waals surface area (Å²) in [4.78, 5) is 25.4. The Kier molecular flexibility index (Phi) is 8.75. The molecule has 0 unspecified atom stereocenters. The minimum Gasteiger partial charge on any atom is -0.780 e. The number of nitrogens with zero attached hydrogens (tertiary/aromatic N) is 1. The van der Waals surface area contributed by atoms with Crippen LogP contribution < -0.4 is 78.5 Å². The van der Waals surface area contributed by atoms with Crippen molar-refractivity contribution in [1.29, 1.82) is 0 Å². The molecular formula is C25H18NNa2O5P. The molecule has 5 rings (SSSR count). The first-order valence-electron chi connectivity index (χ1n) is 9.96. The van der Waals surface area contributed by atoms with Gasteiger partial charge in [-0.2, -0.15) is 0 Å². The van der Waals surface area contributed by atoms with Crippen molar-refractivity contribution in [2.75, 3.05) is 11.9 Å². The number of fused-ring (bicyclic) bond motifs is 4. The standard InChI is InChI=1S/C25H20NO5P.2Na/c1-26-22-14-8-7-13-20(22)23(21-16-15-17-9-5-6-12-19(17)24(21)26)25(31-32(27,28)29)30-18-10-3-2-4-11-18;;/h2-16H,1H3,(H2,27,28,29);;/q;2*+1/p-2/b25-23-;;. The van der Waals surface area contributed by atoms with Crippen LogP contribution in [-0.4, -0.2) is 7.05 Å². The van der Waals surface area contributed by atoms with Gasteiger partial charge in [0, 0.05) is 29.2 Å². The third-order valence-corrected chi connectivity index (χ3v) is 5.78. The van der Waals surface area contributed by atoms with Crippen LogP contribution >= 0.6 is 7.82 Å². The van der Waals surface area contributed by atoms with Crippen molar-refractivity contribution in [3.63, 3.8) is 0 Å². The van der Waals surface area contributed by atoms with Gasteiger partial charge in [0.2, 0.25) is 0 Å². The minimum absolute atomic E-state index is 0. The minimum atomic E-state index is -5.41. The number of para-hydroxylation sites is 2. The van der Waals surface area contributed by atoms with E-state index in [1.807, 2.05) is 72.6 Å². The van der Waals surface area contributed by atoms with Gasteiger partial charge in [-0.15, -0.1) is 0 Å². The molecule has 34 heavy (non-hydrogen) atoms. The third kappa shape index (κ3) is 5.31. The molecule has 0 amide bonds. The van der Waals surface area contributed by atoms with Crippen LogP contribution in [0.15, 0.2) is 96.9 Å². The molecule has 1 aliphatic heterocycles. The number of ether oxygens (including phenoxy) is 1. The molecule has 0 atom stereocenters. The van der Waals surface area contributed by atoms with Gasteiger partial charge in [0.25, 0.3) is 5.95 Å². The van der Waals surface area contributed by atoms with E-state index in [1.165, 1.54) is 0 Å². The van der Waals surface area contributed by atoms with E-state index in [0.717, 1.165) is 22.1 Å². The van der Waals surface area contributed by atoms with E-state index < -0.39 is 7.82 Å². The summed E-state index contributed by atoms with van der Waals surface area (Å²) < 4.78 is 22.5. The summed E-state index contributed by atoms with van der Waals surface area (Å²) in [5.41, 5.74) is 3.48. The molecule has 160 valence electrons. The number of hydrogen-bond donors (Lipinski definition) is 0. The van der Waals surface area contributed by atoms with E-state index in [0.29, 0.717) is 22.4 Å². The SMILES string of the molecule is CN1c2ccccc2/C(=C(\Oc2ccccc2)OP(=O)([O-])[O-])c2ccc3ccccc3c21.[Na+].[Na+]. The number of phosphoric acid groups is 1. The molecule has 1 heterocycles. The van der Waals surface area contributed by atoms with Gasteiger partial charge >= 0.3 is 59.1 Å². The zero-order valence-electron chi connectivity index (χ0n) is 19.1. The Hall–Kier alpha value is -1.57. The zero-order valence-corrected chi connectivity index (χ0v) is 24.0. The Morgan fingerprint density at radius 3 is 2.18 bits per heavy atom. The number of phosphoric ester groups is 1. The molecule has 0 bridgehead atoms. The summed E-state index contributed by atoms with van der Waals surface area (Å²) in [6.07, 6.45) is 0. The quantitative estimate of drug-likeness (QED) is 0.199. The zero-order chi connectivity index (χ0) is 22.3. The second kappa shape index (κ2) is 11.0. The molecule has 0 fully saturated rings. The van der Waals surface area contributed by atoms with Gasteiger partial charge in [0.1, 0.15) is 13.6 Å². The van der Waals surface area contributed by atoms with E-state index in [2.05, 4.69) is 0 Å². The summed E-state index contributed by atoms with van der Waals surface area (Å²) in [6, 6.07) is 27.9. The van der Waals surface area contributed by atoms with Gasteiger partial charge in [0.05, 0.1) is 11.3 Å². The Bertz CT molecular complexity index is 1410. The molecule has 0 spiro atoms. The summed E-state index contributed by atoms with van der Waals surface area (Å²) in [6.45, 7) is 0. The summed E-state index contributed by atoms with van der Waals surface area (Å²) in [5.74, 6) is -0.0242. The van der Waals surface area contributed by atoms with Crippen molar-refractivity contribution in [2.45, 2.75) is 0 Å². The number of benzene rings is 4. The maximum absolute atomic E-state index is 11.7. The normalized spacial score (nSPS) is 13.7. The first kappa shape index (κ1) is 27.0. The molecular weight excluding hydrogens is 471 g/mol. The fourth-order valence-electron chi connectivity index (χ4n) is 4.09. The monoisotopic (exact) mass is 489 g/mol. The molecule has 9 heteroatoms. The Balaban J connectivity index is 0.00000162. The maximum Gasteiger partial charge on any atom is 1.00 e. The van der Waals surface area contributed by atoms with Gasteiger partial charge in [-0.3, -0.25) is 0 Å². The molecule has 0 saturated carbocycles. The third-order valence-electron chi connectivity index (χ3n) is 5.39. The van der Waals surface area contributed by atoms with Crippen molar-refractivity contribution in [3.8, 4) is 5.75 Å². The van der Waals surface area contributed by atoms with E-state index in [1.54, 1.807) is 30.3 Å². The molecule has 1 aliphatic rings. The van der Waals surface area contributed by atoms with Crippen molar-refractivity contribution in [1.82, 2.24) is 0 Å². The van der Waals surface area contributed by atoms with Gasteiger partial charge in [-0.05, 0) is 23.6 Å². The molecule has 4 aromatic carbocycles. The maximum atomic E-state index is 11.7. The van der Waals surface area contributed by atoms with Gasteiger partial charge in [-0.25, -0.2) is 0 Å². The van der Waals surface area contributed by atoms with Crippen LogP contribution in [0.1, 0.15) is 11.1 Å². The van der Waals surface area contributed by atoms with Crippen LogP contribution in [0.25, 0.3) is 16.3 Å². The first-order valence-corrected chi connectivity index (χ1v) is 11.4. The Morgan fingerprint density at radius 2 is 1.44 bits per heavy atom. The molecule has 0 aliphatic carbocycles.